The highest BCUT2D eigenvalue weighted by molar-refractivity contribution is 5.75. The van der Waals surface area contributed by atoms with E-state index in [-0.39, 0.29) is 18.4 Å². The monoisotopic (exact) mass is 388 g/mol. The van der Waals surface area contributed by atoms with Gasteiger partial charge in [0.15, 0.2) is 0 Å². The fraction of sp³-hybridized carbons (Fsp3) is 0.130. The van der Waals surface area contributed by atoms with Crippen molar-refractivity contribution in [2.45, 2.75) is 19.6 Å². The molecule has 4 rings (SSSR count). The summed E-state index contributed by atoms with van der Waals surface area (Å²) in [7, 11) is 0. The Morgan fingerprint density at radius 1 is 0.862 bits per heavy atom. The lowest BCUT2D eigenvalue weighted by molar-refractivity contribution is 0.240. The van der Waals surface area contributed by atoms with Crippen LogP contribution in [0.1, 0.15) is 16.7 Å². The molecule has 2 N–H and O–H groups in total. The molecule has 3 aromatic carbocycles. The van der Waals surface area contributed by atoms with E-state index in [1.807, 2.05) is 48.8 Å². The van der Waals surface area contributed by atoms with Crippen molar-refractivity contribution in [2.24, 2.45) is 0 Å². The van der Waals surface area contributed by atoms with Crippen molar-refractivity contribution >= 4 is 17.1 Å². The quantitative estimate of drug-likeness (QED) is 0.520. The lowest BCUT2D eigenvalue weighted by Crippen LogP contribution is -2.34. The summed E-state index contributed by atoms with van der Waals surface area (Å²) in [6.07, 6.45) is 1.85. The standard InChI is InChI=1S/C23H21FN4O/c24-20-6-2-1-5-19(20)14-26-23(29)25-13-17-9-11-18(12-10-17)15-28-16-27-21-7-3-4-8-22(21)28/h1-12,16H,13-15H2,(H2,25,26,29). The van der Waals surface area contributed by atoms with E-state index >= 15 is 0 Å². The minimum atomic E-state index is -0.331. The summed E-state index contributed by atoms with van der Waals surface area (Å²) in [5, 5.41) is 5.46. The van der Waals surface area contributed by atoms with Crippen molar-refractivity contribution in [3.05, 3.63) is 102 Å². The number of nitrogens with zero attached hydrogens (tertiary/aromatic N) is 2. The Kier molecular flexibility index (Phi) is 5.52. The number of fused-ring (bicyclic) bond motifs is 1. The van der Waals surface area contributed by atoms with Gasteiger partial charge in [0, 0.05) is 25.2 Å². The Morgan fingerprint density at radius 3 is 2.38 bits per heavy atom. The van der Waals surface area contributed by atoms with Crippen LogP contribution in [0.25, 0.3) is 11.0 Å². The number of para-hydroxylation sites is 2. The fourth-order valence-corrected chi connectivity index (χ4v) is 3.16. The van der Waals surface area contributed by atoms with Crippen LogP contribution < -0.4 is 10.6 Å². The number of aromatic nitrogens is 2. The minimum Gasteiger partial charge on any atom is -0.334 e. The minimum absolute atomic E-state index is 0.149. The lowest BCUT2D eigenvalue weighted by Gasteiger charge is -2.09. The van der Waals surface area contributed by atoms with Gasteiger partial charge in [-0.05, 0) is 29.3 Å². The number of rotatable bonds is 6. The molecule has 0 atom stereocenters. The molecule has 1 heterocycles. The van der Waals surface area contributed by atoms with E-state index in [0.717, 1.165) is 28.7 Å². The number of carbonyl (C=O) groups is 1. The molecule has 0 bridgehead atoms. The molecular weight excluding hydrogens is 367 g/mol. The van der Waals surface area contributed by atoms with Crippen LogP contribution in [0.5, 0.6) is 0 Å². The number of halogens is 1. The van der Waals surface area contributed by atoms with Crippen molar-refractivity contribution in [3.63, 3.8) is 0 Å². The summed E-state index contributed by atoms with van der Waals surface area (Å²) in [6.45, 7) is 1.28. The van der Waals surface area contributed by atoms with E-state index < -0.39 is 0 Å². The first-order valence-electron chi connectivity index (χ1n) is 9.42. The van der Waals surface area contributed by atoms with Crippen LogP contribution >= 0.6 is 0 Å². The van der Waals surface area contributed by atoms with Gasteiger partial charge >= 0.3 is 6.03 Å². The van der Waals surface area contributed by atoms with Gasteiger partial charge in [-0.3, -0.25) is 0 Å². The van der Waals surface area contributed by atoms with E-state index in [1.54, 1.807) is 18.2 Å². The summed E-state index contributed by atoms with van der Waals surface area (Å²) < 4.78 is 15.7. The Morgan fingerprint density at radius 2 is 1.55 bits per heavy atom. The van der Waals surface area contributed by atoms with Crippen molar-refractivity contribution in [1.82, 2.24) is 20.2 Å². The van der Waals surface area contributed by atoms with E-state index in [4.69, 9.17) is 0 Å². The van der Waals surface area contributed by atoms with Crippen LogP contribution in [0.3, 0.4) is 0 Å². The first-order chi connectivity index (χ1) is 14.2. The largest absolute Gasteiger partial charge is 0.334 e. The summed E-state index contributed by atoms with van der Waals surface area (Å²) >= 11 is 0. The smallest absolute Gasteiger partial charge is 0.315 e. The number of urea groups is 1. The fourth-order valence-electron chi connectivity index (χ4n) is 3.16. The normalized spacial score (nSPS) is 10.8. The molecule has 0 aliphatic rings. The van der Waals surface area contributed by atoms with E-state index in [2.05, 4.69) is 26.3 Å². The average molecular weight is 388 g/mol. The van der Waals surface area contributed by atoms with Gasteiger partial charge in [0.1, 0.15) is 5.82 Å². The number of carbonyl (C=O) groups excluding carboxylic acids is 1. The molecule has 0 saturated heterocycles. The van der Waals surface area contributed by atoms with Crippen molar-refractivity contribution in [3.8, 4) is 0 Å². The number of hydrogen-bond acceptors (Lipinski definition) is 2. The molecule has 0 aliphatic heterocycles. The van der Waals surface area contributed by atoms with Gasteiger partial charge in [-0.1, -0.05) is 54.6 Å². The van der Waals surface area contributed by atoms with Crippen LogP contribution in [0, 0.1) is 5.82 Å². The second-order valence-corrected chi connectivity index (χ2v) is 6.81. The van der Waals surface area contributed by atoms with Gasteiger partial charge in [0.2, 0.25) is 0 Å². The second-order valence-electron chi connectivity index (χ2n) is 6.81. The van der Waals surface area contributed by atoms with Crippen molar-refractivity contribution in [2.75, 3.05) is 0 Å². The molecule has 0 unspecified atom stereocenters. The third kappa shape index (κ3) is 4.60. The van der Waals surface area contributed by atoms with Crippen LogP contribution in [0.4, 0.5) is 9.18 Å². The number of nitrogens with one attached hydrogen (secondary N) is 2. The zero-order chi connectivity index (χ0) is 20.1. The predicted octanol–water partition coefficient (Wildman–Crippen LogP) is 4.22. The molecule has 4 aromatic rings. The van der Waals surface area contributed by atoms with Crippen LogP contribution in [-0.4, -0.2) is 15.6 Å². The molecule has 0 saturated carbocycles. The topological polar surface area (TPSA) is 59.0 Å². The molecule has 29 heavy (non-hydrogen) atoms. The van der Waals surface area contributed by atoms with Crippen LogP contribution in [-0.2, 0) is 19.6 Å². The second kappa shape index (κ2) is 8.56. The van der Waals surface area contributed by atoms with Gasteiger partial charge in [-0.15, -0.1) is 0 Å². The third-order valence-corrected chi connectivity index (χ3v) is 4.75. The zero-order valence-corrected chi connectivity index (χ0v) is 15.8. The average Bonchev–Trinajstić information content (AvgIpc) is 3.15. The summed E-state index contributed by atoms with van der Waals surface area (Å²) in [4.78, 5) is 16.4. The highest BCUT2D eigenvalue weighted by Gasteiger charge is 2.05. The Labute approximate surface area is 168 Å². The maximum Gasteiger partial charge on any atom is 0.315 e. The summed E-state index contributed by atoms with van der Waals surface area (Å²) in [6, 6.07) is 22.2. The molecule has 0 aliphatic carbocycles. The molecule has 0 spiro atoms. The van der Waals surface area contributed by atoms with Gasteiger partial charge in [-0.25, -0.2) is 14.2 Å². The zero-order valence-electron chi connectivity index (χ0n) is 15.8. The van der Waals surface area contributed by atoms with E-state index in [1.165, 1.54) is 6.07 Å². The lowest BCUT2D eigenvalue weighted by atomic mass is 10.1. The number of amides is 2. The predicted molar refractivity (Wildman–Crippen MR) is 111 cm³/mol. The highest BCUT2D eigenvalue weighted by Crippen LogP contribution is 2.14. The van der Waals surface area contributed by atoms with Gasteiger partial charge in [-0.2, -0.15) is 0 Å². The van der Waals surface area contributed by atoms with Gasteiger partial charge < -0.3 is 15.2 Å². The first kappa shape index (κ1) is 18.7. The van der Waals surface area contributed by atoms with Crippen LogP contribution in [0.2, 0.25) is 0 Å². The SMILES string of the molecule is O=C(NCc1ccc(Cn2cnc3ccccc32)cc1)NCc1ccccc1F. The Bertz CT molecular complexity index is 1120. The van der Waals surface area contributed by atoms with E-state index in [0.29, 0.717) is 12.1 Å². The number of benzene rings is 3. The molecule has 5 nitrogen and oxygen atoms in total. The third-order valence-electron chi connectivity index (χ3n) is 4.75. The maximum absolute atomic E-state index is 13.6. The van der Waals surface area contributed by atoms with Crippen molar-refractivity contribution < 1.29 is 9.18 Å². The molecule has 1 aromatic heterocycles. The Hall–Kier alpha value is -3.67. The molecular formula is C23H21FN4O. The van der Waals surface area contributed by atoms with Gasteiger partial charge in [0.25, 0.3) is 0 Å². The van der Waals surface area contributed by atoms with Crippen LogP contribution in [0.15, 0.2) is 79.1 Å². The number of hydrogen-bond donors (Lipinski definition) is 2. The van der Waals surface area contributed by atoms with Gasteiger partial charge in [0.05, 0.1) is 17.4 Å². The molecule has 6 heteroatoms. The molecule has 0 fully saturated rings. The summed E-state index contributed by atoms with van der Waals surface area (Å²) in [5.41, 5.74) is 4.68. The maximum atomic E-state index is 13.6. The first-order valence-corrected chi connectivity index (χ1v) is 9.42. The Balaban J connectivity index is 1.29. The van der Waals surface area contributed by atoms with E-state index in [9.17, 15) is 9.18 Å². The molecule has 2 amide bonds. The number of imidazole rings is 1. The molecule has 146 valence electrons. The molecule has 0 radical (unpaired) electrons. The van der Waals surface area contributed by atoms with Crippen molar-refractivity contribution in [1.29, 1.82) is 0 Å². The summed E-state index contributed by atoms with van der Waals surface area (Å²) in [5.74, 6) is -0.325. The highest BCUT2D eigenvalue weighted by atomic mass is 19.1.